The highest BCUT2D eigenvalue weighted by molar-refractivity contribution is 5.22. The second-order valence-electron chi connectivity index (χ2n) is 3.74. The third-order valence-corrected chi connectivity index (χ3v) is 2.46. The second kappa shape index (κ2) is 3.96. The van der Waals surface area contributed by atoms with Gasteiger partial charge in [0.15, 0.2) is 0 Å². The first-order valence-corrected chi connectivity index (χ1v) is 4.85. The number of hydrogen-bond acceptors (Lipinski definition) is 2. The molecular weight excluding hydrogens is 181 g/mol. The molecule has 0 amide bonds. The Kier molecular flexibility index (Phi) is 2.68. The zero-order chi connectivity index (χ0) is 9.97. The van der Waals surface area contributed by atoms with Crippen molar-refractivity contribution in [2.24, 2.45) is 0 Å². The third-order valence-electron chi connectivity index (χ3n) is 2.46. The number of ether oxygens (including phenoxy) is 1. The minimum atomic E-state index is -0.221. The highest BCUT2D eigenvalue weighted by Gasteiger charge is 2.20. The molecule has 0 aliphatic carbocycles. The quantitative estimate of drug-likeness (QED) is 0.714. The lowest BCUT2D eigenvalue weighted by Gasteiger charge is -2.13. The van der Waals surface area contributed by atoms with Gasteiger partial charge in [-0.15, -0.1) is 0 Å². The van der Waals surface area contributed by atoms with E-state index in [4.69, 9.17) is 4.74 Å². The van der Waals surface area contributed by atoms with E-state index in [0.717, 1.165) is 25.3 Å². The Morgan fingerprint density at radius 3 is 2.64 bits per heavy atom. The van der Waals surface area contributed by atoms with Crippen molar-refractivity contribution < 1.29 is 9.13 Å². The van der Waals surface area contributed by atoms with Gasteiger partial charge in [-0.05, 0) is 37.7 Å². The number of benzene rings is 1. The Bertz CT molecular complexity index is 299. The first-order valence-electron chi connectivity index (χ1n) is 4.85. The molecular formula is C11H14FNO. The van der Waals surface area contributed by atoms with Crippen molar-refractivity contribution in [2.45, 2.75) is 12.5 Å². The summed E-state index contributed by atoms with van der Waals surface area (Å²) in [5.74, 6) is 0.535. The molecule has 0 aromatic heterocycles. The molecule has 1 aromatic rings. The zero-order valence-electron chi connectivity index (χ0n) is 8.24. The van der Waals surface area contributed by atoms with Crippen LogP contribution in [0.5, 0.6) is 5.75 Å². The van der Waals surface area contributed by atoms with Gasteiger partial charge in [-0.1, -0.05) is 0 Å². The maximum Gasteiger partial charge on any atom is 0.123 e. The summed E-state index contributed by atoms with van der Waals surface area (Å²) >= 11 is 0. The molecule has 0 bridgehead atoms. The Morgan fingerprint density at radius 2 is 2.07 bits per heavy atom. The summed E-state index contributed by atoms with van der Waals surface area (Å²) < 4.78 is 18.3. The molecule has 1 unspecified atom stereocenters. The van der Waals surface area contributed by atoms with Gasteiger partial charge in [-0.25, -0.2) is 4.39 Å². The molecule has 2 rings (SSSR count). The van der Waals surface area contributed by atoms with E-state index < -0.39 is 0 Å². The van der Waals surface area contributed by atoms with Crippen LogP contribution in [0.4, 0.5) is 4.39 Å². The van der Waals surface area contributed by atoms with Gasteiger partial charge >= 0.3 is 0 Å². The Hall–Kier alpha value is -1.09. The fourth-order valence-corrected chi connectivity index (χ4v) is 1.70. The summed E-state index contributed by atoms with van der Waals surface area (Å²) in [5.41, 5.74) is 0. The number of likely N-dealkylation sites (N-methyl/N-ethyl adjacent to an activating group) is 1. The fraction of sp³-hybridized carbons (Fsp3) is 0.455. The van der Waals surface area contributed by atoms with E-state index in [-0.39, 0.29) is 11.9 Å². The lowest BCUT2D eigenvalue weighted by molar-refractivity contribution is 0.208. The molecule has 1 saturated heterocycles. The Balaban J connectivity index is 1.94. The molecule has 0 saturated carbocycles. The van der Waals surface area contributed by atoms with Crippen LogP contribution in [0.15, 0.2) is 24.3 Å². The maximum atomic E-state index is 12.6. The van der Waals surface area contributed by atoms with Gasteiger partial charge < -0.3 is 9.64 Å². The van der Waals surface area contributed by atoms with Crippen molar-refractivity contribution >= 4 is 0 Å². The predicted molar refractivity (Wildman–Crippen MR) is 52.9 cm³/mol. The summed E-state index contributed by atoms with van der Waals surface area (Å²) in [5, 5.41) is 0. The number of hydrogen-bond donors (Lipinski definition) is 0. The molecule has 76 valence electrons. The van der Waals surface area contributed by atoms with Crippen molar-refractivity contribution in [3.63, 3.8) is 0 Å². The van der Waals surface area contributed by atoms with Crippen molar-refractivity contribution in [1.29, 1.82) is 0 Å². The lowest BCUT2D eigenvalue weighted by atomic mass is 10.3. The fourth-order valence-electron chi connectivity index (χ4n) is 1.70. The van der Waals surface area contributed by atoms with Crippen LogP contribution in [0, 0.1) is 5.82 Å². The summed E-state index contributed by atoms with van der Waals surface area (Å²) in [7, 11) is 2.08. The van der Waals surface area contributed by atoms with Crippen molar-refractivity contribution in [1.82, 2.24) is 4.90 Å². The summed E-state index contributed by atoms with van der Waals surface area (Å²) in [4.78, 5) is 2.23. The molecule has 1 aromatic carbocycles. The second-order valence-corrected chi connectivity index (χ2v) is 3.74. The van der Waals surface area contributed by atoms with Crippen molar-refractivity contribution in [3.05, 3.63) is 30.1 Å². The molecule has 0 radical (unpaired) electrons. The normalized spacial score (nSPS) is 22.6. The van der Waals surface area contributed by atoms with E-state index in [2.05, 4.69) is 11.9 Å². The maximum absolute atomic E-state index is 12.6. The molecule has 1 atom stereocenters. The van der Waals surface area contributed by atoms with E-state index in [1.54, 1.807) is 12.1 Å². The molecule has 1 aliphatic heterocycles. The molecule has 0 spiro atoms. The molecule has 1 fully saturated rings. The molecule has 1 heterocycles. The average molecular weight is 195 g/mol. The Labute approximate surface area is 83.3 Å². The highest BCUT2D eigenvalue weighted by Crippen LogP contribution is 2.17. The van der Waals surface area contributed by atoms with Crippen molar-refractivity contribution in [3.8, 4) is 5.75 Å². The SMILES string of the molecule is CN1CCC(Oc2ccc(F)cc2)C1. The lowest BCUT2D eigenvalue weighted by Crippen LogP contribution is -2.21. The van der Waals surface area contributed by atoms with E-state index in [1.165, 1.54) is 12.1 Å². The van der Waals surface area contributed by atoms with Gasteiger partial charge in [0.25, 0.3) is 0 Å². The highest BCUT2D eigenvalue weighted by atomic mass is 19.1. The van der Waals surface area contributed by atoms with Crippen LogP contribution in [-0.2, 0) is 0 Å². The third kappa shape index (κ3) is 2.23. The monoisotopic (exact) mass is 195 g/mol. The molecule has 2 nitrogen and oxygen atoms in total. The van der Waals surface area contributed by atoms with Crippen LogP contribution in [0.25, 0.3) is 0 Å². The topological polar surface area (TPSA) is 12.5 Å². The summed E-state index contributed by atoms with van der Waals surface area (Å²) in [6, 6.07) is 6.20. The first kappa shape index (κ1) is 9.46. The number of nitrogens with zero attached hydrogens (tertiary/aromatic N) is 1. The van der Waals surface area contributed by atoms with Crippen LogP contribution in [0.2, 0.25) is 0 Å². The number of rotatable bonds is 2. The van der Waals surface area contributed by atoms with E-state index in [9.17, 15) is 4.39 Å². The smallest absolute Gasteiger partial charge is 0.123 e. The average Bonchev–Trinajstić information content (AvgIpc) is 2.56. The molecule has 1 aliphatic rings. The Morgan fingerprint density at radius 1 is 1.36 bits per heavy atom. The zero-order valence-corrected chi connectivity index (χ0v) is 8.24. The van der Waals surface area contributed by atoms with Crippen LogP contribution in [0.3, 0.4) is 0 Å². The van der Waals surface area contributed by atoms with E-state index in [0.29, 0.717) is 0 Å². The van der Waals surface area contributed by atoms with Crippen LogP contribution in [-0.4, -0.2) is 31.1 Å². The summed E-state index contributed by atoms with van der Waals surface area (Å²) in [6.07, 6.45) is 1.30. The van der Waals surface area contributed by atoms with Gasteiger partial charge in [-0.2, -0.15) is 0 Å². The number of halogens is 1. The number of likely N-dealkylation sites (tertiary alicyclic amines) is 1. The van der Waals surface area contributed by atoms with E-state index in [1.807, 2.05) is 0 Å². The van der Waals surface area contributed by atoms with Crippen LogP contribution < -0.4 is 4.74 Å². The first-order chi connectivity index (χ1) is 6.74. The van der Waals surface area contributed by atoms with Gasteiger partial charge in [0.2, 0.25) is 0 Å². The molecule has 14 heavy (non-hydrogen) atoms. The van der Waals surface area contributed by atoms with Gasteiger partial charge in [0.05, 0.1) is 0 Å². The largest absolute Gasteiger partial charge is 0.489 e. The van der Waals surface area contributed by atoms with Crippen molar-refractivity contribution in [2.75, 3.05) is 20.1 Å². The van der Waals surface area contributed by atoms with Gasteiger partial charge in [0.1, 0.15) is 17.7 Å². The minimum absolute atomic E-state index is 0.221. The summed E-state index contributed by atoms with van der Waals surface area (Å²) in [6.45, 7) is 2.03. The van der Waals surface area contributed by atoms with E-state index >= 15 is 0 Å². The van der Waals surface area contributed by atoms with Crippen LogP contribution in [0.1, 0.15) is 6.42 Å². The predicted octanol–water partition coefficient (Wildman–Crippen LogP) is 1.91. The van der Waals surface area contributed by atoms with Crippen LogP contribution >= 0.6 is 0 Å². The molecule has 3 heteroatoms. The van der Waals surface area contributed by atoms with Gasteiger partial charge in [0, 0.05) is 13.1 Å². The minimum Gasteiger partial charge on any atom is -0.489 e. The molecule has 0 N–H and O–H groups in total. The standard InChI is InChI=1S/C11H14FNO/c1-13-7-6-11(8-13)14-10-4-2-9(12)3-5-10/h2-5,11H,6-8H2,1H3. The van der Waals surface area contributed by atoms with Gasteiger partial charge in [-0.3, -0.25) is 0 Å².